The monoisotopic (exact) mass is 352 g/mol. The van der Waals surface area contributed by atoms with Crippen molar-refractivity contribution in [3.8, 4) is 0 Å². The zero-order valence-electron chi connectivity index (χ0n) is 13.8. The zero-order chi connectivity index (χ0) is 17.4. The summed E-state index contributed by atoms with van der Waals surface area (Å²) in [6.45, 7) is 2.69. The van der Waals surface area contributed by atoms with Crippen LogP contribution in [0, 0.1) is 6.92 Å². The summed E-state index contributed by atoms with van der Waals surface area (Å²) in [4.78, 5) is 17.4. The van der Waals surface area contributed by atoms with Crippen molar-refractivity contribution in [1.29, 1.82) is 0 Å². The number of rotatable bonds is 2. The highest BCUT2D eigenvalue weighted by atomic mass is 35.5. The minimum atomic E-state index is -0.0646. The lowest BCUT2D eigenvalue weighted by Crippen LogP contribution is -2.32. The molecule has 0 bridgehead atoms. The standard InChI is InChI=1S/C19H17ClN4O/c1-12-4-7-14(8-5-12)22-23-17-3-2-10-24-18(17)21-16-9-6-13(20)11-15(16)19(24)25/h4-9,11,22H,2-3,10H2,1H3/b23-17-. The summed E-state index contributed by atoms with van der Waals surface area (Å²) in [6, 6.07) is 13.2. The number of hydrogen-bond donors (Lipinski definition) is 1. The van der Waals surface area contributed by atoms with E-state index in [0.29, 0.717) is 28.3 Å². The summed E-state index contributed by atoms with van der Waals surface area (Å²) >= 11 is 6.02. The molecule has 0 atom stereocenters. The van der Waals surface area contributed by atoms with Crippen molar-refractivity contribution in [1.82, 2.24) is 9.55 Å². The van der Waals surface area contributed by atoms with E-state index < -0.39 is 0 Å². The lowest BCUT2D eigenvalue weighted by atomic mass is 10.1. The fourth-order valence-electron chi connectivity index (χ4n) is 3.00. The smallest absolute Gasteiger partial charge is 0.261 e. The predicted octanol–water partition coefficient (Wildman–Crippen LogP) is 3.97. The molecule has 0 spiro atoms. The topological polar surface area (TPSA) is 59.3 Å². The van der Waals surface area contributed by atoms with Crippen LogP contribution in [0.4, 0.5) is 5.69 Å². The zero-order valence-corrected chi connectivity index (χ0v) is 14.5. The van der Waals surface area contributed by atoms with Crippen molar-refractivity contribution in [2.75, 3.05) is 5.43 Å². The van der Waals surface area contributed by atoms with Gasteiger partial charge in [-0.1, -0.05) is 29.3 Å². The normalized spacial score (nSPS) is 15.4. The second kappa shape index (κ2) is 6.33. The number of aryl methyl sites for hydroxylation is 1. The van der Waals surface area contributed by atoms with E-state index in [0.717, 1.165) is 24.2 Å². The van der Waals surface area contributed by atoms with E-state index in [1.54, 1.807) is 22.8 Å². The molecule has 1 aromatic heterocycles. The summed E-state index contributed by atoms with van der Waals surface area (Å²) in [6.07, 6.45) is 1.64. The number of aromatic nitrogens is 2. The molecule has 126 valence electrons. The van der Waals surface area contributed by atoms with E-state index in [-0.39, 0.29) is 5.56 Å². The molecule has 0 saturated carbocycles. The Bertz CT molecular complexity index is 1040. The van der Waals surface area contributed by atoms with Gasteiger partial charge in [0.1, 0.15) is 5.71 Å². The molecule has 4 rings (SSSR count). The average Bonchev–Trinajstić information content (AvgIpc) is 2.62. The predicted molar refractivity (Wildman–Crippen MR) is 102 cm³/mol. The Labute approximate surface area is 150 Å². The van der Waals surface area contributed by atoms with E-state index in [4.69, 9.17) is 11.6 Å². The van der Waals surface area contributed by atoms with E-state index in [1.807, 2.05) is 31.2 Å². The summed E-state index contributed by atoms with van der Waals surface area (Å²) in [5.74, 6) is 0.630. The first-order chi connectivity index (χ1) is 12.1. The third-order valence-corrected chi connectivity index (χ3v) is 4.58. The number of hydrazone groups is 1. The minimum absolute atomic E-state index is 0.0646. The van der Waals surface area contributed by atoms with Gasteiger partial charge in [-0.05, 0) is 50.1 Å². The number of anilines is 1. The van der Waals surface area contributed by atoms with Gasteiger partial charge in [-0.15, -0.1) is 0 Å². The van der Waals surface area contributed by atoms with Crippen molar-refractivity contribution in [3.05, 3.63) is 69.2 Å². The maximum Gasteiger partial charge on any atom is 0.261 e. The van der Waals surface area contributed by atoms with Gasteiger partial charge in [0.05, 0.1) is 16.6 Å². The summed E-state index contributed by atoms with van der Waals surface area (Å²) in [5.41, 5.74) is 6.54. The van der Waals surface area contributed by atoms with Crippen LogP contribution in [0.1, 0.15) is 24.2 Å². The fourth-order valence-corrected chi connectivity index (χ4v) is 3.18. The maximum atomic E-state index is 12.8. The molecule has 0 unspecified atom stereocenters. The Morgan fingerprint density at radius 3 is 2.80 bits per heavy atom. The van der Waals surface area contributed by atoms with Crippen LogP contribution < -0.4 is 11.0 Å². The van der Waals surface area contributed by atoms with Crippen molar-refractivity contribution >= 4 is 33.9 Å². The summed E-state index contributed by atoms with van der Waals surface area (Å²) in [7, 11) is 0. The lowest BCUT2D eigenvalue weighted by Gasteiger charge is -2.19. The second-order valence-corrected chi connectivity index (χ2v) is 6.63. The number of halogens is 1. The van der Waals surface area contributed by atoms with Crippen LogP contribution in [0.15, 0.2) is 52.4 Å². The van der Waals surface area contributed by atoms with Crippen LogP contribution in [-0.4, -0.2) is 15.3 Å². The molecule has 0 radical (unpaired) electrons. The Hall–Kier alpha value is -2.66. The van der Waals surface area contributed by atoms with Gasteiger partial charge in [0, 0.05) is 11.6 Å². The van der Waals surface area contributed by atoms with Crippen molar-refractivity contribution in [2.45, 2.75) is 26.3 Å². The van der Waals surface area contributed by atoms with Gasteiger partial charge in [-0.2, -0.15) is 5.10 Å². The fraction of sp³-hybridized carbons (Fsp3) is 0.211. The van der Waals surface area contributed by atoms with Gasteiger partial charge in [-0.25, -0.2) is 4.98 Å². The molecule has 1 N–H and O–H groups in total. The molecule has 2 heterocycles. The Morgan fingerprint density at radius 2 is 2.00 bits per heavy atom. The largest absolute Gasteiger partial charge is 0.291 e. The minimum Gasteiger partial charge on any atom is -0.291 e. The van der Waals surface area contributed by atoms with Crippen LogP contribution in [0.2, 0.25) is 5.02 Å². The number of nitrogens with zero attached hydrogens (tertiary/aromatic N) is 3. The molecule has 2 aromatic carbocycles. The van der Waals surface area contributed by atoms with Gasteiger partial charge in [-0.3, -0.25) is 14.8 Å². The first-order valence-electron chi connectivity index (χ1n) is 8.21. The molecule has 0 aliphatic carbocycles. The van der Waals surface area contributed by atoms with Crippen LogP contribution in [-0.2, 0) is 6.54 Å². The number of hydrogen-bond acceptors (Lipinski definition) is 4. The van der Waals surface area contributed by atoms with Gasteiger partial charge in [0.15, 0.2) is 5.82 Å². The van der Waals surface area contributed by atoms with Crippen molar-refractivity contribution < 1.29 is 0 Å². The van der Waals surface area contributed by atoms with E-state index >= 15 is 0 Å². The first kappa shape index (κ1) is 15.8. The van der Waals surface area contributed by atoms with E-state index in [2.05, 4.69) is 15.5 Å². The first-order valence-corrected chi connectivity index (χ1v) is 8.59. The van der Waals surface area contributed by atoms with Gasteiger partial charge in [0.25, 0.3) is 5.56 Å². The molecule has 1 aliphatic rings. The molecule has 6 heteroatoms. The molecule has 0 amide bonds. The number of nitrogens with one attached hydrogen (secondary N) is 1. The van der Waals surface area contributed by atoms with Crippen molar-refractivity contribution in [2.24, 2.45) is 5.10 Å². The van der Waals surface area contributed by atoms with Crippen LogP contribution in [0.25, 0.3) is 10.9 Å². The third kappa shape index (κ3) is 3.03. The quantitative estimate of drug-likeness (QED) is 0.710. The molecular weight excluding hydrogens is 336 g/mol. The highest BCUT2D eigenvalue weighted by molar-refractivity contribution is 6.31. The summed E-state index contributed by atoms with van der Waals surface area (Å²) in [5, 5.41) is 5.59. The van der Waals surface area contributed by atoms with Gasteiger partial charge >= 0.3 is 0 Å². The number of benzene rings is 2. The third-order valence-electron chi connectivity index (χ3n) is 4.34. The molecular formula is C19H17ClN4O. The molecule has 3 aromatic rings. The molecule has 0 fully saturated rings. The highest BCUT2D eigenvalue weighted by Crippen LogP contribution is 2.19. The molecule has 1 aliphatic heterocycles. The van der Waals surface area contributed by atoms with Crippen molar-refractivity contribution in [3.63, 3.8) is 0 Å². The van der Waals surface area contributed by atoms with Crippen LogP contribution >= 0.6 is 11.6 Å². The van der Waals surface area contributed by atoms with Crippen LogP contribution in [0.5, 0.6) is 0 Å². The van der Waals surface area contributed by atoms with Crippen LogP contribution in [0.3, 0.4) is 0 Å². The Kier molecular flexibility index (Phi) is 4.01. The Morgan fingerprint density at radius 1 is 1.20 bits per heavy atom. The molecule has 25 heavy (non-hydrogen) atoms. The van der Waals surface area contributed by atoms with Gasteiger partial charge in [0.2, 0.25) is 0 Å². The average molecular weight is 353 g/mol. The van der Waals surface area contributed by atoms with E-state index in [9.17, 15) is 4.79 Å². The maximum absolute atomic E-state index is 12.8. The van der Waals surface area contributed by atoms with Gasteiger partial charge < -0.3 is 0 Å². The second-order valence-electron chi connectivity index (χ2n) is 6.19. The lowest BCUT2D eigenvalue weighted by molar-refractivity contribution is 0.597. The van der Waals surface area contributed by atoms with E-state index in [1.165, 1.54) is 5.56 Å². The highest BCUT2D eigenvalue weighted by Gasteiger charge is 2.20. The SMILES string of the molecule is Cc1ccc(N/N=C2/CCCn3c2nc2ccc(Cl)cc2c3=O)cc1. The molecule has 0 saturated heterocycles. The summed E-state index contributed by atoms with van der Waals surface area (Å²) < 4.78 is 1.69. The molecule has 5 nitrogen and oxygen atoms in total. The Balaban J connectivity index is 1.77. The number of fused-ring (bicyclic) bond motifs is 2.